The van der Waals surface area contributed by atoms with Gasteiger partial charge in [-0.25, -0.2) is 9.78 Å². The Hall–Kier alpha value is -2.07. The predicted octanol–water partition coefficient (Wildman–Crippen LogP) is 3.04. The minimum absolute atomic E-state index is 0.0613. The van der Waals surface area contributed by atoms with Crippen molar-refractivity contribution in [3.8, 4) is 6.07 Å². The maximum Gasteiger partial charge on any atom is 0.340 e. The SMILES string of the molecule is CCOC(=O)c1cc(C#N)c(SCC(=O)N2C[C@@H](C)C[C@H](C)C2)nc1C. The molecule has 140 valence electrons. The van der Waals surface area contributed by atoms with Crippen molar-refractivity contribution >= 4 is 23.6 Å². The number of likely N-dealkylation sites (tertiary alicyclic amines) is 1. The number of carbonyl (C=O) groups is 2. The molecule has 0 bridgehead atoms. The number of rotatable bonds is 5. The van der Waals surface area contributed by atoms with Crippen LogP contribution in [0.15, 0.2) is 11.1 Å². The lowest BCUT2D eigenvalue weighted by Crippen LogP contribution is -2.43. The summed E-state index contributed by atoms with van der Waals surface area (Å²) in [6.07, 6.45) is 1.14. The number of piperidine rings is 1. The van der Waals surface area contributed by atoms with Crippen LogP contribution in [-0.2, 0) is 9.53 Å². The number of pyridine rings is 1. The van der Waals surface area contributed by atoms with Crippen LogP contribution >= 0.6 is 11.8 Å². The van der Waals surface area contributed by atoms with Gasteiger partial charge in [0, 0.05) is 13.1 Å². The largest absolute Gasteiger partial charge is 0.462 e. The molecule has 0 aliphatic carbocycles. The van der Waals surface area contributed by atoms with Gasteiger partial charge in [0.15, 0.2) is 0 Å². The fourth-order valence-corrected chi connectivity index (χ4v) is 4.18. The highest BCUT2D eigenvalue weighted by Crippen LogP contribution is 2.26. The summed E-state index contributed by atoms with van der Waals surface area (Å²) in [6, 6.07) is 3.56. The molecule has 1 fully saturated rings. The van der Waals surface area contributed by atoms with Gasteiger partial charge in [-0.2, -0.15) is 5.26 Å². The summed E-state index contributed by atoms with van der Waals surface area (Å²) in [5, 5.41) is 9.85. The third-order valence-electron chi connectivity index (χ3n) is 4.35. The third-order valence-corrected chi connectivity index (χ3v) is 5.32. The Morgan fingerprint density at radius 1 is 1.38 bits per heavy atom. The fraction of sp³-hybridized carbons (Fsp3) is 0.579. The van der Waals surface area contributed by atoms with E-state index in [0.717, 1.165) is 19.5 Å². The smallest absolute Gasteiger partial charge is 0.340 e. The lowest BCUT2D eigenvalue weighted by atomic mass is 9.92. The summed E-state index contributed by atoms with van der Waals surface area (Å²) in [4.78, 5) is 30.7. The van der Waals surface area contributed by atoms with Gasteiger partial charge in [-0.15, -0.1) is 0 Å². The van der Waals surface area contributed by atoms with Gasteiger partial charge in [-0.05, 0) is 38.2 Å². The molecule has 0 aromatic carbocycles. The first-order valence-corrected chi connectivity index (χ1v) is 9.83. The maximum absolute atomic E-state index is 12.5. The quantitative estimate of drug-likeness (QED) is 0.581. The van der Waals surface area contributed by atoms with Gasteiger partial charge < -0.3 is 9.64 Å². The Balaban J connectivity index is 2.09. The molecule has 1 saturated heterocycles. The van der Waals surface area contributed by atoms with Gasteiger partial charge in [0.1, 0.15) is 11.1 Å². The van der Waals surface area contributed by atoms with Crippen LogP contribution in [0.1, 0.15) is 48.8 Å². The summed E-state index contributed by atoms with van der Waals surface area (Å²) in [5.74, 6) is 0.821. The number of hydrogen-bond donors (Lipinski definition) is 0. The zero-order valence-electron chi connectivity index (χ0n) is 15.7. The highest BCUT2D eigenvalue weighted by molar-refractivity contribution is 8.00. The molecule has 0 saturated carbocycles. The highest BCUT2D eigenvalue weighted by atomic mass is 32.2. The zero-order valence-corrected chi connectivity index (χ0v) is 16.6. The van der Waals surface area contributed by atoms with Crippen LogP contribution in [0, 0.1) is 30.1 Å². The van der Waals surface area contributed by atoms with Crippen LogP contribution in [0.3, 0.4) is 0 Å². The topological polar surface area (TPSA) is 83.3 Å². The van der Waals surface area contributed by atoms with E-state index in [-0.39, 0.29) is 29.4 Å². The van der Waals surface area contributed by atoms with Crippen molar-refractivity contribution in [2.75, 3.05) is 25.4 Å². The lowest BCUT2D eigenvalue weighted by Gasteiger charge is -2.35. The monoisotopic (exact) mass is 375 g/mol. The molecular formula is C19H25N3O3S. The average molecular weight is 375 g/mol. The maximum atomic E-state index is 12.5. The summed E-state index contributed by atoms with van der Waals surface area (Å²) in [6.45, 7) is 9.58. The third kappa shape index (κ3) is 4.98. The Kier molecular flexibility index (Phi) is 7.04. The van der Waals surface area contributed by atoms with E-state index in [1.165, 1.54) is 17.8 Å². The van der Waals surface area contributed by atoms with Crippen molar-refractivity contribution in [2.45, 2.75) is 39.1 Å². The molecular weight excluding hydrogens is 350 g/mol. The van der Waals surface area contributed by atoms with Crippen LogP contribution in [0.4, 0.5) is 0 Å². The average Bonchev–Trinajstić information content (AvgIpc) is 2.58. The number of ether oxygens (including phenoxy) is 1. The molecule has 2 rings (SSSR count). The molecule has 26 heavy (non-hydrogen) atoms. The summed E-state index contributed by atoms with van der Waals surface area (Å²) in [7, 11) is 0. The Morgan fingerprint density at radius 2 is 2.04 bits per heavy atom. The number of aromatic nitrogens is 1. The van der Waals surface area contributed by atoms with E-state index in [2.05, 4.69) is 24.9 Å². The fourth-order valence-electron chi connectivity index (χ4n) is 3.28. The minimum atomic E-state index is -0.488. The van der Waals surface area contributed by atoms with E-state index in [9.17, 15) is 14.9 Å². The highest BCUT2D eigenvalue weighted by Gasteiger charge is 2.26. The normalized spacial score (nSPS) is 19.7. The molecule has 1 aliphatic rings. The van der Waals surface area contributed by atoms with Gasteiger partial charge in [-0.1, -0.05) is 25.6 Å². The molecule has 2 atom stereocenters. The Bertz CT molecular complexity index is 719. The Morgan fingerprint density at radius 3 is 2.62 bits per heavy atom. The number of hydrogen-bond acceptors (Lipinski definition) is 6. The molecule has 1 aliphatic heterocycles. The molecule has 2 heterocycles. The molecule has 0 unspecified atom stereocenters. The first-order chi connectivity index (χ1) is 12.3. The van der Waals surface area contributed by atoms with Crippen LogP contribution in [0.25, 0.3) is 0 Å². The first kappa shape index (κ1) is 20.2. The van der Waals surface area contributed by atoms with Crippen molar-refractivity contribution in [3.05, 3.63) is 22.9 Å². The number of nitrogens with zero attached hydrogens (tertiary/aromatic N) is 3. The molecule has 7 heteroatoms. The standard InChI is InChI=1S/C19H25N3O3S/c1-5-25-19(24)16-7-15(8-20)18(21-14(16)4)26-11-17(23)22-9-12(2)6-13(3)10-22/h7,12-13H,5-6,9-11H2,1-4H3/t12-,13-/m0/s1. The molecule has 1 aromatic heterocycles. The molecule has 0 N–H and O–H groups in total. The molecule has 1 aromatic rings. The number of carbonyl (C=O) groups excluding carboxylic acids is 2. The second-order valence-corrected chi connectivity index (χ2v) is 7.80. The lowest BCUT2D eigenvalue weighted by molar-refractivity contribution is -0.130. The number of amides is 1. The number of nitriles is 1. The second kappa shape index (κ2) is 9.04. The van der Waals surface area contributed by atoms with Crippen molar-refractivity contribution in [1.82, 2.24) is 9.88 Å². The zero-order chi connectivity index (χ0) is 19.3. The van der Waals surface area contributed by atoms with Gasteiger partial charge in [0.2, 0.25) is 5.91 Å². The van der Waals surface area contributed by atoms with E-state index in [1.54, 1.807) is 13.8 Å². The predicted molar refractivity (Wildman–Crippen MR) is 99.9 cm³/mol. The van der Waals surface area contributed by atoms with Crippen LogP contribution < -0.4 is 0 Å². The van der Waals surface area contributed by atoms with E-state index >= 15 is 0 Å². The van der Waals surface area contributed by atoms with Crippen molar-refractivity contribution in [1.29, 1.82) is 5.26 Å². The minimum Gasteiger partial charge on any atom is -0.462 e. The Labute approximate surface area is 158 Å². The summed E-state index contributed by atoms with van der Waals surface area (Å²) < 4.78 is 4.99. The van der Waals surface area contributed by atoms with Gasteiger partial charge in [0.25, 0.3) is 0 Å². The van der Waals surface area contributed by atoms with Gasteiger partial charge in [0.05, 0.1) is 29.2 Å². The van der Waals surface area contributed by atoms with Crippen molar-refractivity contribution in [2.24, 2.45) is 11.8 Å². The van der Waals surface area contributed by atoms with E-state index in [0.29, 0.717) is 22.6 Å². The molecule has 1 amide bonds. The van der Waals surface area contributed by atoms with Crippen molar-refractivity contribution < 1.29 is 14.3 Å². The molecule has 0 radical (unpaired) electrons. The van der Waals surface area contributed by atoms with E-state index < -0.39 is 5.97 Å². The van der Waals surface area contributed by atoms with Crippen molar-refractivity contribution in [3.63, 3.8) is 0 Å². The number of esters is 1. The second-order valence-electron chi connectivity index (χ2n) is 6.84. The van der Waals surface area contributed by atoms with E-state index in [4.69, 9.17) is 4.74 Å². The van der Waals surface area contributed by atoms with E-state index in [1.807, 2.05) is 4.90 Å². The van der Waals surface area contributed by atoms with Gasteiger partial charge >= 0.3 is 5.97 Å². The van der Waals surface area contributed by atoms with Crippen LogP contribution in [-0.4, -0.2) is 47.2 Å². The van der Waals surface area contributed by atoms with Crippen LogP contribution in [0.5, 0.6) is 0 Å². The molecule has 6 nitrogen and oxygen atoms in total. The first-order valence-electron chi connectivity index (χ1n) is 8.85. The number of aryl methyl sites for hydroxylation is 1. The summed E-state index contributed by atoms with van der Waals surface area (Å²) in [5.41, 5.74) is 1.08. The van der Waals surface area contributed by atoms with Gasteiger partial charge in [-0.3, -0.25) is 4.79 Å². The molecule has 0 spiro atoms. The van der Waals surface area contributed by atoms with Crippen LogP contribution in [0.2, 0.25) is 0 Å². The number of thioether (sulfide) groups is 1. The summed E-state index contributed by atoms with van der Waals surface area (Å²) >= 11 is 1.25.